The molecule has 4 unspecified atom stereocenters. The molecule has 0 rings (SSSR count). The number of alkyl halides is 4. The van der Waals surface area contributed by atoms with Gasteiger partial charge in [0.2, 0.25) is 0 Å². The van der Waals surface area contributed by atoms with Gasteiger partial charge in [0.05, 0.1) is 13.2 Å². The van der Waals surface area contributed by atoms with Crippen LogP contribution in [0.15, 0.2) is 0 Å². The van der Waals surface area contributed by atoms with E-state index in [1.807, 2.05) is 13.8 Å². The number of unbranched alkanes of at least 4 members (excludes halogenated alkanes) is 2. The topological polar surface area (TPSA) is 149 Å². The molecule has 4 atom stereocenters. The molecule has 17 heteroatoms. The molecule has 11 nitrogen and oxygen atoms in total. The first-order valence-corrected chi connectivity index (χ1v) is 12.7. The highest BCUT2D eigenvalue weighted by atomic mass is 32.2. The van der Waals surface area contributed by atoms with Gasteiger partial charge in [-0.25, -0.2) is 27.8 Å². The summed E-state index contributed by atoms with van der Waals surface area (Å²) in [6.07, 6.45) is -3.21. The Balaban J connectivity index is -0.000000672. The zero-order valence-corrected chi connectivity index (χ0v) is 22.7. The van der Waals surface area contributed by atoms with Crippen molar-refractivity contribution in [3.05, 3.63) is 0 Å². The maximum absolute atomic E-state index is 12.4. The molecule has 0 fully saturated rings. The van der Waals surface area contributed by atoms with Crippen LogP contribution in [0.2, 0.25) is 0 Å². The van der Waals surface area contributed by atoms with Crippen LogP contribution >= 0.6 is 0 Å². The fourth-order valence-electron chi connectivity index (χ4n) is 1.79. The molecule has 0 heterocycles. The maximum Gasteiger partial charge on any atom is 0.523 e. The van der Waals surface area contributed by atoms with Gasteiger partial charge in [-0.05, 0) is 40.5 Å². The molecular weight excluding hydrogens is 555 g/mol. The highest BCUT2D eigenvalue weighted by molar-refractivity contribution is 7.87. The van der Waals surface area contributed by atoms with Gasteiger partial charge in [0.15, 0.2) is 24.5 Å². The van der Waals surface area contributed by atoms with Crippen LogP contribution in [-0.4, -0.2) is 75.5 Å². The zero-order valence-electron chi connectivity index (χ0n) is 21.8. The summed E-state index contributed by atoms with van der Waals surface area (Å²) < 4.78 is 92.3. The van der Waals surface area contributed by atoms with Gasteiger partial charge in [0, 0.05) is 0 Å². The van der Waals surface area contributed by atoms with Crippen molar-refractivity contribution in [1.29, 1.82) is 0 Å². The number of halogens is 5. The molecule has 0 aromatic rings. The van der Waals surface area contributed by atoms with E-state index in [1.54, 1.807) is 0 Å². The van der Waals surface area contributed by atoms with Crippen molar-refractivity contribution in [3.8, 4) is 0 Å². The fraction of sp³-hybridized carbons (Fsp3) is 0.810. The molecule has 0 aromatic carbocycles. The predicted octanol–water partition coefficient (Wildman–Crippen LogP) is 0.140. The summed E-state index contributed by atoms with van der Waals surface area (Å²) in [5, 5.41) is 0. The number of esters is 4. The Morgan fingerprint density at radius 1 is 0.711 bits per heavy atom. The van der Waals surface area contributed by atoms with Gasteiger partial charge in [-0.1, -0.05) is 26.7 Å². The van der Waals surface area contributed by atoms with Crippen molar-refractivity contribution in [1.82, 2.24) is 0 Å². The molecular formula is C21H34F5O11S-. The molecule has 0 amide bonds. The molecule has 0 radical (unpaired) electrons. The minimum Gasteiger partial charge on any atom is -1.00 e. The lowest BCUT2D eigenvalue weighted by Crippen LogP contribution is -3.00. The van der Waals surface area contributed by atoms with Crippen molar-refractivity contribution in [3.63, 3.8) is 0 Å². The summed E-state index contributed by atoms with van der Waals surface area (Å²) in [5.74, 6) is -4.02. The van der Waals surface area contributed by atoms with Crippen molar-refractivity contribution in [2.45, 2.75) is 97.2 Å². The molecule has 0 aromatic heterocycles. The lowest BCUT2D eigenvalue weighted by atomic mass is 10.3. The second kappa shape index (κ2) is 19.5. The standard InChI is InChI=1S/C11H17F3O7S.C10H17FO4.FH/c1-4-5-6-19-9(15)7(2)20-10(16)8(3)21-22(17,18)11(12,13)14;1-4-5-6-14-10(13)8(3)15-9(12)7(2)11;/h7-8H,4-6H2,1-3H3;7-8H,4-6H2,1-3H3;1H/p-1. The van der Waals surface area contributed by atoms with Gasteiger partial charge in [-0.15, -0.1) is 0 Å². The second-order valence-electron chi connectivity index (χ2n) is 7.45. The third kappa shape index (κ3) is 17.0. The van der Waals surface area contributed by atoms with Crippen LogP contribution in [0.1, 0.15) is 67.2 Å². The first-order chi connectivity index (χ1) is 16.9. The molecule has 0 aliphatic rings. The Labute approximate surface area is 217 Å². The molecule has 0 saturated heterocycles. The minimum absolute atomic E-state index is 0. The maximum atomic E-state index is 12.4. The number of ether oxygens (including phenoxy) is 4. The molecule has 0 aliphatic heterocycles. The number of hydrogen-bond donors (Lipinski definition) is 0. The molecule has 0 bridgehead atoms. The molecule has 0 N–H and O–H groups in total. The zero-order chi connectivity index (χ0) is 29.4. The lowest BCUT2D eigenvalue weighted by Gasteiger charge is -2.17. The second-order valence-corrected chi connectivity index (χ2v) is 9.02. The van der Waals surface area contributed by atoms with Gasteiger partial charge in [-0.3, -0.25) is 0 Å². The SMILES string of the molecule is CCCCOC(=O)C(C)OC(=O)C(C)F.CCCCOC(=O)C(C)OC(=O)C(C)OS(=O)(=O)C(F)(F)F.[F-]. The number of carbonyl (C=O) groups is 4. The minimum atomic E-state index is -5.93. The molecule has 0 aliphatic carbocycles. The van der Waals surface area contributed by atoms with E-state index in [2.05, 4.69) is 13.7 Å². The summed E-state index contributed by atoms with van der Waals surface area (Å²) >= 11 is 0. The third-order valence-corrected chi connectivity index (χ3v) is 5.05. The molecule has 38 heavy (non-hydrogen) atoms. The van der Waals surface area contributed by atoms with Crippen molar-refractivity contribution in [2.24, 2.45) is 0 Å². The van der Waals surface area contributed by atoms with E-state index in [-0.39, 0.29) is 11.3 Å². The van der Waals surface area contributed by atoms with Crippen LogP contribution in [-0.2, 0) is 52.4 Å². The highest BCUT2D eigenvalue weighted by Crippen LogP contribution is 2.25. The van der Waals surface area contributed by atoms with E-state index in [1.165, 1.54) is 6.92 Å². The summed E-state index contributed by atoms with van der Waals surface area (Å²) in [5.41, 5.74) is -5.66. The number of hydrogen-bond acceptors (Lipinski definition) is 11. The number of rotatable bonds is 14. The third-order valence-electron chi connectivity index (χ3n) is 3.95. The average Bonchev–Trinajstić information content (AvgIpc) is 2.78. The van der Waals surface area contributed by atoms with Crippen LogP contribution in [0, 0.1) is 0 Å². The van der Waals surface area contributed by atoms with E-state index in [4.69, 9.17) is 9.47 Å². The van der Waals surface area contributed by atoms with Crippen LogP contribution in [0.3, 0.4) is 0 Å². The molecule has 0 saturated carbocycles. The molecule has 226 valence electrons. The normalized spacial score (nSPS) is 14.3. The largest absolute Gasteiger partial charge is 1.00 e. The van der Waals surface area contributed by atoms with E-state index >= 15 is 0 Å². The Morgan fingerprint density at radius 3 is 1.39 bits per heavy atom. The quantitative estimate of drug-likeness (QED) is 0.0680. The predicted molar refractivity (Wildman–Crippen MR) is 119 cm³/mol. The van der Waals surface area contributed by atoms with E-state index in [0.29, 0.717) is 13.0 Å². The summed E-state index contributed by atoms with van der Waals surface area (Å²) in [6.45, 7) is 8.51. The van der Waals surface area contributed by atoms with E-state index < -0.39 is 64.0 Å². The first-order valence-electron chi connectivity index (χ1n) is 11.3. The highest BCUT2D eigenvalue weighted by Gasteiger charge is 2.49. The van der Waals surface area contributed by atoms with Crippen LogP contribution in [0.5, 0.6) is 0 Å². The molecule has 0 spiro atoms. The smallest absolute Gasteiger partial charge is 0.523 e. The van der Waals surface area contributed by atoms with E-state index in [0.717, 1.165) is 40.0 Å². The summed E-state index contributed by atoms with van der Waals surface area (Å²) in [6, 6.07) is 0. The van der Waals surface area contributed by atoms with Crippen LogP contribution in [0.4, 0.5) is 17.6 Å². The van der Waals surface area contributed by atoms with E-state index in [9.17, 15) is 45.2 Å². The van der Waals surface area contributed by atoms with Crippen LogP contribution in [0.25, 0.3) is 0 Å². The number of carbonyl (C=O) groups excluding carboxylic acids is 4. The summed E-state index contributed by atoms with van der Waals surface area (Å²) in [7, 11) is -5.93. The summed E-state index contributed by atoms with van der Waals surface area (Å²) in [4.78, 5) is 44.7. The Bertz CT molecular complexity index is 832. The van der Waals surface area contributed by atoms with Gasteiger partial charge < -0.3 is 23.7 Å². The van der Waals surface area contributed by atoms with Gasteiger partial charge in [0.1, 0.15) is 0 Å². The van der Waals surface area contributed by atoms with Crippen LogP contribution < -0.4 is 4.70 Å². The Kier molecular flexibility index (Phi) is 20.5. The van der Waals surface area contributed by atoms with Gasteiger partial charge in [0.25, 0.3) is 0 Å². The fourth-order valence-corrected chi connectivity index (χ4v) is 2.35. The van der Waals surface area contributed by atoms with Gasteiger partial charge >= 0.3 is 39.5 Å². The average molecular weight is 590 g/mol. The van der Waals surface area contributed by atoms with Crippen molar-refractivity contribution in [2.75, 3.05) is 13.2 Å². The first kappa shape index (κ1) is 39.9. The Morgan fingerprint density at radius 2 is 1.08 bits per heavy atom. The lowest BCUT2D eigenvalue weighted by molar-refractivity contribution is -0.170. The van der Waals surface area contributed by atoms with Crippen molar-refractivity contribution < 1.29 is 73.0 Å². The van der Waals surface area contributed by atoms with Crippen molar-refractivity contribution >= 4 is 34.0 Å². The van der Waals surface area contributed by atoms with Gasteiger partial charge in [-0.2, -0.15) is 21.6 Å². The Hall–Kier alpha value is -2.56. The monoisotopic (exact) mass is 589 g/mol.